The molecule has 0 radical (unpaired) electrons. The highest BCUT2D eigenvalue weighted by Crippen LogP contribution is 2.51. The standard InChI is InChI=1S/C62H50BN3/c1-8-36-22-29-50-47(32-36)46-19-12-20-48-60(46)66(50)55-35-41(65-52-21-13-18-45-43-16-10-9-15-42(43)44-17-11-14-37-23-30-53(65)58(56(37)44)57(45)52)34-54-59(55)63(48)49-33-39(62(5,6)7)26-31-51(49)64(54)40-27-24-38(25-28-40)61(2,3)4/h9-35H,8H2,1-7H3/i8D. The van der Waals surface area contributed by atoms with Crippen LogP contribution < -0.4 is 21.3 Å². The minimum Gasteiger partial charge on any atom is -0.311 e. The van der Waals surface area contributed by atoms with Gasteiger partial charge in [0.05, 0.1) is 22.2 Å². The van der Waals surface area contributed by atoms with Crippen molar-refractivity contribution in [2.24, 2.45) is 0 Å². The van der Waals surface area contributed by atoms with Gasteiger partial charge in [0.1, 0.15) is 0 Å². The van der Waals surface area contributed by atoms with Crippen LogP contribution in [0.5, 0.6) is 0 Å². The Balaban J connectivity index is 1.16. The van der Waals surface area contributed by atoms with Gasteiger partial charge in [-0.05, 0) is 138 Å². The maximum atomic E-state index is 8.77. The number of aryl methyl sites for hydroxylation is 1. The molecule has 0 bridgehead atoms. The molecule has 9 aromatic carbocycles. The highest BCUT2D eigenvalue weighted by atomic mass is 15.2. The monoisotopic (exact) mass is 848 g/mol. The summed E-state index contributed by atoms with van der Waals surface area (Å²) in [5.41, 5.74) is 23.5. The Labute approximate surface area is 388 Å². The molecule has 0 saturated carbocycles. The van der Waals surface area contributed by atoms with E-state index >= 15 is 0 Å². The Morgan fingerprint density at radius 2 is 1.14 bits per heavy atom. The molecule has 0 spiro atoms. The number of aromatic nitrogens is 2. The predicted octanol–water partition coefficient (Wildman–Crippen LogP) is 14.5. The van der Waals surface area contributed by atoms with Gasteiger partial charge in [0.2, 0.25) is 0 Å². The Morgan fingerprint density at radius 1 is 0.470 bits per heavy atom. The van der Waals surface area contributed by atoms with E-state index in [4.69, 9.17) is 1.37 Å². The first-order chi connectivity index (χ1) is 32.3. The van der Waals surface area contributed by atoms with Crippen molar-refractivity contribution < 1.29 is 1.37 Å². The van der Waals surface area contributed by atoms with Crippen LogP contribution >= 0.6 is 0 Å². The minimum atomic E-state index is -0.326. The molecule has 1 atom stereocenters. The SMILES string of the molecule is [2H]C(C)c1ccc2c(c1)c1cccc3c1n2-c1cc(-n2c4cccc5c4c4c6c(cccc6ccc42)-c2ccccc2-5)cc2c1B3c1cc(C(C)(C)C)ccc1N2c1ccc(C(C)(C)C)cc1. The van der Waals surface area contributed by atoms with Crippen LogP contribution in [0.4, 0.5) is 17.1 Å². The average Bonchev–Trinajstić information content (AvgIpc) is 3.81. The molecule has 4 heteroatoms. The molecule has 2 aromatic heterocycles. The molecule has 66 heavy (non-hydrogen) atoms. The fourth-order valence-electron chi connectivity index (χ4n) is 12.2. The Kier molecular flexibility index (Phi) is 7.26. The van der Waals surface area contributed by atoms with Crippen LogP contribution in [-0.4, -0.2) is 15.8 Å². The van der Waals surface area contributed by atoms with Crippen molar-refractivity contribution in [3.63, 3.8) is 0 Å². The molecule has 4 heterocycles. The smallest absolute Gasteiger partial charge is 0.252 e. The molecule has 1 aliphatic carbocycles. The topological polar surface area (TPSA) is 13.1 Å². The second kappa shape index (κ2) is 12.9. The van der Waals surface area contributed by atoms with Crippen molar-refractivity contribution >= 4 is 94.5 Å². The molecule has 14 rings (SSSR count). The van der Waals surface area contributed by atoms with Gasteiger partial charge in [-0.1, -0.05) is 158 Å². The summed E-state index contributed by atoms with van der Waals surface area (Å²) < 4.78 is 13.9. The van der Waals surface area contributed by atoms with Crippen LogP contribution in [0.25, 0.3) is 88.0 Å². The zero-order valence-corrected chi connectivity index (χ0v) is 38.6. The van der Waals surface area contributed by atoms with E-state index < -0.39 is 0 Å². The van der Waals surface area contributed by atoms with Crippen molar-refractivity contribution in [2.45, 2.75) is 65.7 Å². The van der Waals surface area contributed by atoms with Crippen LogP contribution in [0.3, 0.4) is 0 Å². The van der Waals surface area contributed by atoms with Crippen LogP contribution in [0.1, 0.15) is 66.5 Å². The van der Waals surface area contributed by atoms with Crippen LogP contribution in [0.15, 0.2) is 164 Å². The van der Waals surface area contributed by atoms with Gasteiger partial charge in [-0.25, -0.2) is 0 Å². The third-order valence-corrected chi connectivity index (χ3v) is 15.4. The first kappa shape index (κ1) is 37.0. The molecule has 0 saturated heterocycles. The van der Waals surface area contributed by atoms with E-state index in [9.17, 15) is 0 Å². The molecule has 1 unspecified atom stereocenters. The summed E-state index contributed by atoms with van der Waals surface area (Å²) in [6.07, 6.45) is -0.326. The zero-order valence-electron chi connectivity index (χ0n) is 39.6. The lowest BCUT2D eigenvalue weighted by atomic mass is 9.33. The Hall–Kier alpha value is -7.30. The second-order valence-electron chi connectivity index (χ2n) is 21.1. The Bertz CT molecular complexity index is 3980. The van der Waals surface area contributed by atoms with Crippen molar-refractivity contribution in [3.8, 4) is 33.6 Å². The summed E-state index contributed by atoms with van der Waals surface area (Å²) in [5, 5.41) is 7.62. The van der Waals surface area contributed by atoms with Gasteiger partial charge in [-0.15, -0.1) is 0 Å². The molecule has 0 N–H and O–H groups in total. The van der Waals surface area contributed by atoms with E-state index in [0.717, 1.165) is 16.9 Å². The lowest BCUT2D eigenvalue weighted by Gasteiger charge is -2.41. The molecular weight excluding hydrogens is 798 g/mol. The summed E-state index contributed by atoms with van der Waals surface area (Å²) in [6.45, 7) is 15.9. The van der Waals surface area contributed by atoms with Crippen molar-refractivity contribution in [2.75, 3.05) is 4.90 Å². The maximum absolute atomic E-state index is 8.77. The normalized spacial score (nSPS) is 14.4. The molecule has 2 aliphatic heterocycles. The number of hydrogen-bond donors (Lipinski definition) is 0. The van der Waals surface area contributed by atoms with Crippen LogP contribution in [-0.2, 0) is 17.2 Å². The molecule has 0 fully saturated rings. The van der Waals surface area contributed by atoms with E-state index in [1.54, 1.807) is 0 Å². The quantitative estimate of drug-likeness (QED) is 0.161. The van der Waals surface area contributed by atoms with Crippen LogP contribution in [0, 0.1) is 0 Å². The van der Waals surface area contributed by atoms with Gasteiger partial charge < -0.3 is 14.0 Å². The maximum Gasteiger partial charge on any atom is 0.252 e. The molecule has 3 nitrogen and oxygen atoms in total. The number of rotatable bonds is 3. The lowest BCUT2D eigenvalue weighted by Crippen LogP contribution is -2.60. The van der Waals surface area contributed by atoms with Gasteiger partial charge in [-0.3, -0.25) is 0 Å². The average molecular weight is 849 g/mol. The molecular formula is C62H50BN3. The van der Waals surface area contributed by atoms with E-state index in [0.29, 0.717) is 0 Å². The van der Waals surface area contributed by atoms with E-state index in [-0.39, 0.29) is 23.9 Å². The second-order valence-corrected chi connectivity index (χ2v) is 21.1. The third kappa shape index (κ3) is 4.94. The van der Waals surface area contributed by atoms with Crippen LogP contribution in [0.2, 0.25) is 0 Å². The molecule has 0 amide bonds. The predicted molar refractivity (Wildman–Crippen MR) is 283 cm³/mol. The summed E-state index contributed by atoms with van der Waals surface area (Å²) in [4.78, 5) is 2.57. The number of anilines is 3. The van der Waals surface area contributed by atoms with Crippen molar-refractivity contribution in [1.29, 1.82) is 0 Å². The van der Waals surface area contributed by atoms with Gasteiger partial charge in [0.25, 0.3) is 6.71 Å². The summed E-state index contributed by atoms with van der Waals surface area (Å²) >= 11 is 0. The molecule has 316 valence electrons. The van der Waals surface area contributed by atoms with Gasteiger partial charge in [0, 0.05) is 51.2 Å². The minimum absolute atomic E-state index is 0.00474. The third-order valence-electron chi connectivity index (χ3n) is 15.4. The first-order valence-electron chi connectivity index (χ1n) is 24.2. The van der Waals surface area contributed by atoms with Crippen molar-refractivity contribution in [3.05, 3.63) is 180 Å². The fraction of sp³-hybridized carbons (Fsp3) is 0.161. The Morgan fingerprint density at radius 3 is 1.89 bits per heavy atom. The highest BCUT2D eigenvalue weighted by molar-refractivity contribution is 7.00. The number of nitrogens with zero attached hydrogens (tertiary/aromatic N) is 3. The van der Waals surface area contributed by atoms with Gasteiger partial charge in [0.15, 0.2) is 0 Å². The van der Waals surface area contributed by atoms with E-state index in [2.05, 4.69) is 219 Å². The first-order valence-corrected chi connectivity index (χ1v) is 23.7. The van der Waals surface area contributed by atoms with E-state index in [1.807, 2.05) is 6.92 Å². The summed E-state index contributed by atoms with van der Waals surface area (Å²) in [5.74, 6) is 0. The summed E-state index contributed by atoms with van der Waals surface area (Å²) in [6, 6.07) is 62.7. The molecule has 3 aliphatic rings. The summed E-state index contributed by atoms with van der Waals surface area (Å²) in [7, 11) is 0. The van der Waals surface area contributed by atoms with Gasteiger partial charge in [-0.2, -0.15) is 0 Å². The number of para-hydroxylation sites is 1. The lowest BCUT2D eigenvalue weighted by molar-refractivity contribution is 0.590. The zero-order chi connectivity index (χ0) is 45.4. The van der Waals surface area contributed by atoms with Crippen molar-refractivity contribution in [1.82, 2.24) is 9.13 Å². The highest BCUT2D eigenvalue weighted by Gasteiger charge is 2.43. The largest absolute Gasteiger partial charge is 0.311 e. The van der Waals surface area contributed by atoms with E-state index in [1.165, 1.54) is 121 Å². The fourth-order valence-corrected chi connectivity index (χ4v) is 12.2. The number of fused-ring (bicyclic) bond motifs is 10. The number of hydrogen-bond acceptors (Lipinski definition) is 1. The van der Waals surface area contributed by atoms with Gasteiger partial charge >= 0.3 is 0 Å². The number of benzene rings is 9. The molecule has 11 aromatic rings.